The normalized spacial score (nSPS) is 11.4. The van der Waals surface area contributed by atoms with E-state index in [2.05, 4.69) is 4.74 Å². The lowest BCUT2D eigenvalue weighted by molar-refractivity contribution is -0.274. The fourth-order valence-electron chi connectivity index (χ4n) is 2.03. The molecule has 23 heavy (non-hydrogen) atoms. The van der Waals surface area contributed by atoms with Gasteiger partial charge >= 0.3 is 6.36 Å². The van der Waals surface area contributed by atoms with E-state index in [-0.39, 0.29) is 18.2 Å². The van der Waals surface area contributed by atoms with Crippen molar-refractivity contribution in [3.8, 4) is 17.1 Å². The third-order valence-corrected chi connectivity index (χ3v) is 2.95. The van der Waals surface area contributed by atoms with Crippen molar-refractivity contribution >= 4 is 12.4 Å². The number of benzene rings is 1. The summed E-state index contributed by atoms with van der Waals surface area (Å²) in [4.78, 5) is 1.99. The Morgan fingerprint density at radius 2 is 1.96 bits per heavy atom. The highest BCUT2D eigenvalue weighted by atomic mass is 35.5. The van der Waals surface area contributed by atoms with Gasteiger partial charge in [-0.15, -0.1) is 25.6 Å². The summed E-state index contributed by atoms with van der Waals surface area (Å²) in [6, 6.07) is 9.20. The van der Waals surface area contributed by atoms with Gasteiger partial charge in [-0.2, -0.15) is 0 Å². The Kier molecular flexibility index (Phi) is 6.93. The second kappa shape index (κ2) is 8.24. The van der Waals surface area contributed by atoms with Crippen molar-refractivity contribution in [1.82, 2.24) is 4.90 Å². The van der Waals surface area contributed by atoms with Crippen LogP contribution in [0.3, 0.4) is 0 Å². The predicted molar refractivity (Wildman–Crippen MR) is 83.5 cm³/mol. The van der Waals surface area contributed by atoms with Crippen molar-refractivity contribution < 1.29 is 22.3 Å². The minimum atomic E-state index is -4.71. The average Bonchev–Trinajstić information content (AvgIpc) is 2.85. The van der Waals surface area contributed by atoms with Gasteiger partial charge in [-0.25, -0.2) is 0 Å². The molecule has 1 aromatic carbocycles. The molecule has 0 atom stereocenters. The number of hydrogen-bond donors (Lipinski definition) is 1. The van der Waals surface area contributed by atoms with Crippen molar-refractivity contribution in [3.05, 3.63) is 42.2 Å². The SMILES string of the molecule is CN(CCN)Cc1ccc(-c2cccc(OC(F)(F)F)c2)o1.Cl. The number of nitrogens with zero attached hydrogens (tertiary/aromatic N) is 1. The topological polar surface area (TPSA) is 51.6 Å². The van der Waals surface area contributed by atoms with Gasteiger partial charge in [-0.3, -0.25) is 4.90 Å². The van der Waals surface area contributed by atoms with Gasteiger partial charge in [0.1, 0.15) is 17.3 Å². The lowest BCUT2D eigenvalue weighted by Gasteiger charge is -2.13. The lowest BCUT2D eigenvalue weighted by atomic mass is 10.1. The number of halogens is 4. The van der Waals surface area contributed by atoms with E-state index in [9.17, 15) is 13.2 Å². The smallest absolute Gasteiger partial charge is 0.460 e. The second-order valence-electron chi connectivity index (χ2n) is 4.87. The minimum Gasteiger partial charge on any atom is -0.460 e. The molecular weight excluding hydrogens is 333 g/mol. The highest BCUT2D eigenvalue weighted by molar-refractivity contribution is 5.85. The zero-order chi connectivity index (χ0) is 16.2. The minimum absolute atomic E-state index is 0. The van der Waals surface area contributed by atoms with Gasteiger partial charge in [0.05, 0.1) is 6.54 Å². The quantitative estimate of drug-likeness (QED) is 0.864. The summed E-state index contributed by atoms with van der Waals surface area (Å²) in [6.07, 6.45) is -4.71. The number of ether oxygens (including phenoxy) is 1. The third kappa shape index (κ3) is 6.13. The Balaban J connectivity index is 0.00000264. The van der Waals surface area contributed by atoms with Crippen molar-refractivity contribution in [3.63, 3.8) is 0 Å². The molecule has 128 valence electrons. The monoisotopic (exact) mass is 350 g/mol. The Morgan fingerprint density at radius 1 is 1.22 bits per heavy atom. The molecule has 8 heteroatoms. The van der Waals surface area contributed by atoms with Crippen LogP contribution in [0.4, 0.5) is 13.2 Å². The fraction of sp³-hybridized carbons (Fsp3) is 0.333. The molecule has 2 N–H and O–H groups in total. The van der Waals surface area contributed by atoms with E-state index >= 15 is 0 Å². The van der Waals surface area contributed by atoms with Gasteiger partial charge in [-0.1, -0.05) is 12.1 Å². The maximum Gasteiger partial charge on any atom is 0.573 e. The first-order valence-corrected chi connectivity index (χ1v) is 6.71. The van der Waals surface area contributed by atoms with Gasteiger partial charge < -0.3 is 14.9 Å². The van der Waals surface area contributed by atoms with Crippen LogP contribution in [0.2, 0.25) is 0 Å². The summed E-state index contributed by atoms with van der Waals surface area (Å²) in [6.45, 7) is 1.85. The molecule has 0 aliphatic rings. The van der Waals surface area contributed by atoms with Crippen LogP contribution in [0.15, 0.2) is 40.8 Å². The Labute approximate surface area is 138 Å². The standard InChI is InChI=1S/C15H17F3N2O2.ClH/c1-20(8-7-19)10-13-5-6-14(21-13)11-3-2-4-12(9-11)22-15(16,17)18;/h2-6,9H,7-8,10,19H2,1H3;1H. The van der Waals surface area contributed by atoms with Gasteiger partial charge in [0.15, 0.2) is 0 Å². The molecule has 2 rings (SSSR count). The molecule has 0 aliphatic carbocycles. The summed E-state index contributed by atoms with van der Waals surface area (Å²) in [5.74, 6) is 0.931. The van der Waals surface area contributed by atoms with E-state index in [4.69, 9.17) is 10.2 Å². The van der Waals surface area contributed by atoms with Gasteiger partial charge in [0.2, 0.25) is 0 Å². The number of rotatable bonds is 6. The summed E-state index contributed by atoms with van der Waals surface area (Å²) < 4.78 is 46.3. The van der Waals surface area contributed by atoms with E-state index in [0.717, 1.165) is 6.54 Å². The van der Waals surface area contributed by atoms with Crippen molar-refractivity contribution in [2.75, 3.05) is 20.1 Å². The van der Waals surface area contributed by atoms with E-state index in [1.54, 1.807) is 18.2 Å². The summed E-state index contributed by atoms with van der Waals surface area (Å²) in [5, 5.41) is 0. The van der Waals surface area contributed by atoms with Crippen LogP contribution in [0.25, 0.3) is 11.3 Å². The number of likely N-dealkylation sites (N-methyl/N-ethyl adjacent to an activating group) is 1. The maximum atomic E-state index is 12.2. The lowest BCUT2D eigenvalue weighted by Crippen LogP contribution is -2.24. The van der Waals surface area contributed by atoms with Crippen LogP contribution in [0.1, 0.15) is 5.76 Å². The van der Waals surface area contributed by atoms with Crippen LogP contribution in [-0.4, -0.2) is 31.4 Å². The molecule has 0 bridgehead atoms. The van der Waals surface area contributed by atoms with Gasteiger partial charge in [-0.05, 0) is 31.3 Å². The van der Waals surface area contributed by atoms with Crippen molar-refractivity contribution in [1.29, 1.82) is 0 Å². The van der Waals surface area contributed by atoms with Crippen LogP contribution in [-0.2, 0) is 6.54 Å². The third-order valence-electron chi connectivity index (χ3n) is 2.95. The number of alkyl halides is 3. The highest BCUT2D eigenvalue weighted by Crippen LogP contribution is 2.29. The molecule has 0 radical (unpaired) electrons. The van der Waals surface area contributed by atoms with E-state index in [1.807, 2.05) is 11.9 Å². The number of hydrogen-bond acceptors (Lipinski definition) is 4. The zero-order valence-corrected chi connectivity index (χ0v) is 13.3. The Bertz CT molecular complexity index is 617. The summed E-state index contributed by atoms with van der Waals surface area (Å²) in [7, 11) is 1.91. The molecule has 0 spiro atoms. The molecule has 0 saturated carbocycles. The fourth-order valence-corrected chi connectivity index (χ4v) is 2.03. The molecule has 0 aliphatic heterocycles. The van der Waals surface area contributed by atoms with Crippen LogP contribution >= 0.6 is 12.4 Å². The maximum absolute atomic E-state index is 12.2. The average molecular weight is 351 g/mol. The molecular formula is C15H18ClF3N2O2. The van der Waals surface area contributed by atoms with Crippen LogP contribution in [0, 0.1) is 0 Å². The summed E-state index contributed by atoms with van der Waals surface area (Å²) in [5.41, 5.74) is 5.99. The largest absolute Gasteiger partial charge is 0.573 e. The molecule has 0 amide bonds. The number of furan rings is 1. The van der Waals surface area contributed by atoms with Crippen molar-refractivity contribution in [2.24, 2.45) is 5.73 Å². The van der Waals surface area contributed by atoms with E-state index < -0.39 is 6.36 Å². The van der Waals surface area contributed by atoms with Crippen LogP contribution in [0.5, 0.6) is 5.75 Å². The first-order valence-electron chi connectivity index (χ1n) is 6.71. The van der Waals surface area contributed by atoms with Gasteiger partial charge in [0.25, 0.3) is 0 Å². The molecule has 2 aromatic rings. The first kappa shape index (κ1) is 19.3. The van der Waals surface area contributed by atoms with Crippen LogP contribution < -0.4 is 10.5 Å². The Morgan fingerprint density at radius 3 is 2.61 bits per heavy atom. The molecule has 0 unspecified atom stereocenters. The molecule has 0 fully saturated rings. The summed E-state index contributed by atoms with van der Waals surface area (Å²) >= 11 is 0. The van der Waals surface area contributed by atoms with Gasteiger partial charge in [0, 0.05) is 18.7 Å². The predicted octanol–water partition coefficient (Wildman–Crippen LogP) is 3.66. The second-order valence-corrected chi connectivity index (χ2v) is 4.87. The van der Waals surface area contributed by atoms with E-state index in [0.29, 0.717) is 30.2 Å². The molecule has 4 nitrogen and oxygen atoms in total. The molecule has 1 aromatic heterocycles. The Hall–Kier alpha value is -1.70. The van der Waals surface area contributed by atoms with E-state index in [1.165, 1.54) is 18.2 Å². The van der Waals surface area contributed by atoms with Crippen molar-refractivity contribution in [2.45, 2.75) is 12.9 Å². The first-order chi connectivity index (χ1) is 10.4. The zero-order valence-electron chi connectivity index (χ0n) is 12.5. The number of nitrogens with two attached hydrogens (primary N) is 1. The highest BCUT2D eigenvalue weighted by Gasteiger charge is 2.31. The molecule has 1 heterocycles. The molecule has 0 saturated heterocycles.